The maximum atomic E-state index is 13.8. The lowest BCUT2D eigenvalue weighted by Gasteiger charge is -2.30. The van der Waals surface area contributed by atoms with Gasteiger partial charge in [0.15, 0.2) is 0 Å². The van der Waals surface area contributed by atoms with E-state index in [1.54, 1.807) is 46.5 Å². The maximum Gasteiger partial charge on any atom is 0.277 e. The summed E-state index contributed by atoms with van der Waals surface area (Å²) >= 11 is 6.16. The van der Waals surface area contributed by atoms with E-state index in [9.17, 15) is 14.4 Å². The smallest absolute Gasteiger partial charge is 0.277 e. The summed E-state index contributed by atoms with van der Waals surface area (Å²) in [6.45, 7) is 0.761. The van der Waals surface area contributed by atoms with Crippen LogP contribution in [0.1, 0.15) is 37.7 Å². The van der Waals surface area contributed by atoms with Crippen LogP contribution in [0.15, 0.2) is 85.2 Å². The summed E-state index contributed by atoms with van der Waals surface area (Å²) < 4.78 is 0. The fraction of sp³-hybridized carbons (Fsp3) is 0.167. The number of carbonyl (C=O) groups is 3. The summed E-state index contributed by atoms with van der Waals surface area (Å²) in [6, 6.07) is 20.8. The third kappa shape index (κ3) is 4.86. The van der Waals surface area contributed by atoms with Crippen molar-refractivity contribution in [2.75, 3.05) is 16.8 Å². The largest absolute Gasteiger partial charge is 0.323 e. The predicted molar refractivity (Wildman–Crippen MR) is 148 cm³/mol. The molecule has 2 aliphatic heterocycles. The van der Waals surface area contributed by atoms with Gasteiger partial charge in [0.05, 0.1) is 11.3 Å². The molecule has 0 bridgehead atoms. The van der Waals surface area contributed by atoms with Gasteiger partial charge in [0.25, 0.3) is 11.8 Å². The molecule has 0 radical (unpaired) electrons. The van der Waals surface area contributed by atoms with E-state index < -0.39 is 6.04 Å². The van der Waals surface area contributed by atoms with Gasteiger partial charge in [0, 0.05) is 48.3 Å². The average molecular weight is 538 g/mol. The summed E-state index contributed by atoms with van der Waals surface area (Å²) in [7, 11) is 0. The van der Waals surface area contributed by atoms with E-state index in [1.807, 2.05) is 48.5 Å². The molecule has 2 aromatic heterocycles. The third-order valence-corrected chi connectivity index (χ3v) is 7.32. The number of nitrogens with one attached hydrogen (secondary N) is 1. The molecule has 0 fully saturated rings. The Labute approximate surface area is 230 Å². The summed E-state index contributed by atoms with van der Waals surface area (Å²) in [5.41, 5.74) is 4.47. The second kappa shape index (κ2) is 10.3. The Morgan fingerprint density at radius 1 is 0.897 bits per heavy atom. The number of anilines is 2. The van der Waals surface area contributed by atoms with Gasteiger partial charge < -0.3 is 15.1 Å². The number of halogens is 1. The number of hydrogen-bond donors (Lipinski definition) is 1. The van der Waals surface area contributed by atoms with Gasteiger partial charge in [-0.1, -0.05) is 35.9 Å². The van der Waals surface area contributed by atoms with Crippen molar-refractivity contribution in [1.82, 2.24) is 14.9 Å². The molecule has 0 unspecified atom stereocenters. The topological polar surface area (TPSA) is 95.5 Å². The van der Waals surface area contributed by atoms with E-state index in [0.717, 1.165) is 23.2 Å². The number of rotatable bonds is 5. The van der Waals surface area contributed by atoms with Crippen molar-refractivity contribution in [2.45, 2.75) is 25.4 Å². The number of aromatic nitrogens is 2. The van der Waals surface area contributed by atoms with Crippen LogP contribution in [0.2, 0.25) is 5.02 Å². The van der Waals surface area contributed by atoms with Crippen LogP contribution in [-0.4, -0.2) is 45.2 Å². The van der Waals surface area contributed by atoms with Crippen LogP contribution in [0.4, 0.5) is 11.4 Å². The summed E-state index contributed by atoms with van der Waals surface area (Å²) in [4.78, 5) is 52.2. The van der Waals surface area contributed by atoms with Crippen molar-refractivity contribution in [2.24, 2.45) is 0 Å². The number of nitrogens with zero attached hydrogens (tertiary/aromatic N) is 4. The SMILES string of the molecule is O=C1Nc2cc(Cl)ccc2C(=O)N(Cc2ccc(N3CCc4cccnc4C3=O)cc2)[C@@H]1Cc1ccccn1. The Hall–Kier alpha value is -4.56. The lowest BCUT2D eigenvalue weighted by molar-refractivity contribution is -0.120. The molecule has 4 heterocycles. The van der Waals surface area contributed by atoms with Gasteiger partial charge in [-0.15, -0.1) is 0 Å². The second-order valence-electron chi connectivity index (χ2n) is 9.54. The lowest BCUT2D eigenvalue weighted by Crippen LogP contribution is -2.46. The Morgan fingerprint density at radius 2 is 1.72 bits per heavy atom. The molecule has 2 aromatic carbocycles. The fourth-order valence-corrected chi connectivity index (χ4v) is 5.25. The van der Waals surface area contributed by atoms with Crippen LogP contribution in [0.25, 0.3) is 0 Å². The van der Waals surface area contributed by atoms with Crippen LogP contribution in [-0.2, 0) is 24.2 Å². The van der Waals surface area contributed by atoms with Gasteiger partial charge in [-0.05, 0) is 66.1 Å². The molecule has 3 amide bonds. The minimum Gasteiger partial charge on any atom is -0.323 e. The molecule has 39 heavy (non-hydrogen) atoms. The number of pyridine rings is 2. The molecule has 9 heteroatoms. The molecule has 194 valence electrons. The molecule has 8 nitrogen and oxygen atoms in total. The van der Waals surface area contributed by atoms with E-state index >= 15 is 0 Å². The highest BCUT2D eigenvalue weighted by Crippen LogP contribution is 2.29. The van der Waals surface area contributed by atoms with E-state index in [1.165, 1.54) is 0 Å². The molecule has 1 atom stereocenters. The van der Waals surface area contributed by atoms with Gasteiger partial charge in [-0.2, -0.15) is 0 Å². The normalized spacial score (nSPS) is 16.8. The zero-order chi connectivity index (χ0) is 26.9. The van der Waals surface area contributed by atoms with Gasteiger partial charge >= 0.3 is 0 Å². The van der Waals surface area contributed by atoms with Crippen molar-refractivity contribution < 1.29 is 14.4 Å². The third-order valence-electron chi connectivity index (χ3n) is 7.08. The Morgan fingerprint density at radius 3 is 2.51 bits per heavy atom. The monoisotopic (exact) mass is 537 g/mol. The molecule has 4 aromatic rings. The predicted octanol–water partition coefficient (Wildman–Crippen LogP) is 4.54. The van der Waals surface area contributed by atoms with Crippen molar-refractivity contribution in [3.8, 4) is 0 Å². The van der Waals surface area contributed by atoms with Crippen LogP contribution >= 0.6 is 11.6 Å². The summed E-state index contributed by atoms with van der Waals surface area (Å²) in [5, 5.41) is 3.31. The standard InChI is InChI=1S/C30H24ClN5O3/c31-21-8-11-24-25(16-21)34-28(37)26(17-22-5-1-2-13-32-22)36(29(24)38)18-19-6-9-23(10-7-19)35-15-12-20-4-3-14-33-27(20)30(35)39/h1-11,13-14,16,26H,12,15,17-18H2,(H,34,37)/t26-/m1/s1. The zero-order valence-corrected chi connectivity index (χ0v) is 21.6. The Balaban J connectivity index is 1.29. The van der Waals surface area contributed by atoms with Gasteiger partial charge in [-0.3, -0.25) is 24.4 Å². The van der Waals surface area contributed by atoms with Gasteiger partial charge in [0.2, 0.25) is 5.91 Å². The lowest BCUT2D eigenvalue weighted by atomic mass is 10.0. The van der Waals surface area contributed by atoms with Crippen molar-refractivity contribution >= 4 is 40.7 Å². The first-order chi connectivity index (χ1) is 19.0. The van der Waals surface area contributed by atoms with Crippen molar-refractivity contribution in [3.05, 3.63) is 118 Å². The van der Waals surface area contributed by atoms with Crippen LogP contribution in [0, 0.1) is 0 Å². The van der Waals surface area contributed by atoms with E-state index in [-0.39, 0.29) is 30.7 Å². The van der Waals surface area contributed by atoms with E-state index in [4.69, 9.17) is 11.6 Å². The maximum absolute atomic E-state index is 13.8. The van der Waals surface area contributed by atoms with Gasteiger partial charge in [0.1, 0.15) is 11.7 Å². The van der Waals surface area contributed by atoms with Crippen molar-refractivity contribution in [1.29, 1.82) is 0 Å². The summed E-state index contributed by atoms with van der Waals surface area (Å²) in [6.07, 6.45) is 4.28. The van der Waals surface area contributed by atoms with Gasteiger partial charge in [-0.25, -0.2) is 0 Å². The van der Waals surface area contributed by atoms with Crippen LogP contribution < -0.4 is 10.2 Å². The molecule has 6 rings (SSSR count). The van der Waals surface area contributed by atoms with E-state index in [0.29, 0.717) is 34.2 Å². The highest BCUT2D eigenvalue weighted by Gasteiger charge is 2.36. The molecule has 2 aliphatic rings. The number of amides is 3. The zero-order valence-electron chi connectivity index (χ0n) is 20.9. The van der Waals surface area contributed by atoms with Crippen LogP contribution in [0.5, 0.6) is 0 Å². The fourth-order valence-electron chi connectivity index (χ4n) is 5.08. The minimum atomic E-state index is -0.787. The Kier molecular flexibility index (Phi) is 6.54. The number of benzene rings is 2. The quantitative estimate of drug-likeness (QED) is 0.403. The highest BCUT2D eigenvalue weighted by atomic mass is 35.5. The molecule has 0 saturated heterocycles. The first-order valence-corrected chi connectivity index (χ1v) is 13.0. The second-order valence-corrected chi connectivity index (χ2v) is 9.97. The Bertz CT molecular complexity index is 1580. The molecule has 0 saturated carbocycles. The number of fused-ring (bicyclic) bond motifs is 2. The molecule has 0 aliphatic carbocycles. The molecule has 0 spiro atoms. The van der Waals surface area contributed by atoms with Crippen LogP contribution in [0.3, 0.4) is 0 Å². The minimum absolute atomic E-state index is 0.130. The average Bonchev–Trinajstić information content (AvgIpc) is 3.04. The van der Waals surface area contributed by atoms with E-state index in [2.05, 4.69) is 15.3 Å². The number of carbonyl (C=O) groups excluding carboxylic acids is 3. The van der Waals surface area contributed by atoms with Crippen molar-refractivity contribution in [3.63, 3.8) is 0 Å². The molecule has 1 N–H and O–H groups in total. The molecular formula is C30H24ClN5O3. The first kappa shape index (κ1) is 24.8. The first-order valence-electron chi connectivity index (χ1n) is 12.6. The number of hydrogen-bond acceptors (Lipinski definition) is 5. The summed E-state index contributed by atoms with van der Waals surface area (Å²) in [5.74, 6) is -0.717. The highest BCUT2D eigenvalue weighted by molar-refractivity contribution is 6.31. The molecular weight excluding hydrogens is 514 g/mol.